The molecule has 0 aromatic carbocycles. The van der Waals surface area contributed by atoms with Gasteiger partial charge in [-0.25, -0.2) is 4.98 Å². The summed E-state index contributed by atoms with van der Waals surface area (Å²) in [6.07, 6.45) is 0.340. The molecule has 0 radical (unpaired) electrons. The lowest BCUT2D eigenvalue weighted by molar-refractivity contribution is -0.120. The Kier molecular flexibility index (Phi) is 5.60. The number of aryl methyl sites for hydroxylation is 1. The quantitative estimate of drug-likeness (QED) is 0.744. The van der Waals surface area contributed by atoms with Gasteiger partial charge in [0, 0.05) is 17.6 Å². The number of nitrogens with one attached hydrogen (secondary N) is 2. The molecular formula is C11H16N4OS. The maximum atomic E-state index is 11.4. The van der Waals surface area contributed by atoms with Crippen LogP contribution in [-0.2, 0) is 4.79 Å². The van der Waals surface area contributed by atoms with Crippen molar-refractivity contribution in [2.45, 2.75) is 26.3 Å². The maximum absolute atomic E-state index is 11.4. The second-order valence-electron chi connectivity index (χ2n) is 3.69. The first-order valence-electron chi connectivity index (χ1n) is 5.42. The topological polar surface area (TPSA) is 77.8 Å². The van der Waals surface area contributed by atoms with Crippen LogP contribution >= 0.6 is 11.3 Å². The van der Waals surface area contributed by atoms with Crippen LogP contribution < -0.4 is 10.6 Å². The van der Waals surface area contributed by atoms with Crippen LogP contribution in [0.5, 0.6) is 0 Å². The third-order valence-corrected chi connectivity index (χ3v) is 3.28. The van der Waals surface area contributed by atoms with Crippen LogP contribution in [0.2, 0.25) is 0 Å². The Labute approximate surface area is 105 Å². The Morgan fingerprint density at radius 2 is 2.47 bits per heavy atom. The molecule has 1 amide bonds. The molecular weight excluding hydrogens is 236 g/mol. The fourth-order valence-electron chi connectivity index (χ4n) is 1.22. The van der Waals surface area contributed by atoms with Crippen molar-refractivity contribution in [2.75, 3.05) is 13.1 Å². The molecule has 6 heteroatoms. The fraction of sp³-hybridized carbons (Fsp3) is 0.545. The summed E-state index contributed by atoms with van der Waals surface area (Å²) in [5, 5.41) is 17.0. The van der Waals surface area contributed by atoms with Gasteiger partial charge in [0.25, 0.3) is 0 Å². The van der Waals surface area contributed by atoms with E-state index in [4.69, 9.17) is 5.26 Å². The van der Waals surface area contributed by atoms with Gasteiger partial charge in [0.2, 0.25) is 5.91 Å². The number of nitriles is 1. The molecule has 0 saturated carbocycles. The molecule has 5 nitrogen and oxygen atoms in total. The monoisotopic (exact) mass is 252 g/mol. The van der Waals surface area contributed by atoms with Crippen molar-refractivity contribution in [3.8, 4) is 6.07 Å². The molecule has 1 unspecified atom stereocenters. The Morgan fingerprint density at radius 1 is 1.71 bits per heavy atom. The highest BCUT2D eigenvalue weighted by molar-refractivity contribution is 7.09. The van der Waals surface area contributed by atoms with E-state index in [1.54, 1.807) is 11.3 Å². The molecule has 2 N–H and O–H groups in total. The minimum Gasteiger partial charge on any atom is -0.354 e. The number of aromatic nitrogens is 1. The van der Waals surface area contributed by atoms with E-state index >= 15 is 0 Å². The summed E-state index contributed by atoms with van der Waals surface area (Å²) in [5.41, 5.74) is 0.997. The summed E-state index contributed by atoms with van der Waals surface area (Å²) in [7, 11) is 0. The standard InChI is InChI=1S/C11H16N4OS/c1-8-7-17-11(15-8)9(2)14-6-10(16)13-5-3-4-12/h7,9,14H,3,5-6H2,1-2H3,(H,13,16). The highest BCUT2D eigenvalue weighted by Crippen LogP contribution is 2.16. The van der Waals surface area contributed by atoms with Gasteiger partial charge in [-0.15, -0.1) is 11.3 Å². The number of carbonyl (C=O) groups is 1. The van der Waals surface area contributed by atoms with Gasteiger partial charge in [0.05, 0.1) is 25.1 Å². The first-order valence-corrected chi connectivity index (χ1v) is 6.30. The second-order valence-corrected chi connectivity index (χ2v) is 4.58. The van der Waals surface area contributed by atoms with E-state index in [2.05, 4.69) is 15.6 Å². The largest absolute Gasteiger partial charge is 0.354 e. The van der Waals surface area contributed by atoms with E-state index in [0.29, 0.717) is 13.0 Å². The second kappa shape index (κ2) is 6.99. The zero-order chi connectivity index (χ0) is 12.7. The van der Waals surface area contributed by atoms with Gasteiger partial charge in [-0.1, -0.05) is 0 Å². The molecule has 0 aliphatic carbocycles. The number of hydrogen-bond acceptors (Lipinski definition) is 5. The fourth-order valence-corrected chi connectivity index (χ4v) is 2.05. The highest BCUT2D eigenvalue weighted by Gasteiger charge is 2.10. The van der Waals surface area contributed by atoms with Crippen molar-refractivity contribution < 1.29 is 4.79 Å². The van der Waals surface area contributed by atoms with Crippen molar-refractivity contribution in [2.24, 2.45) is 0 Å². The van der Waals surface area contributed by atoms with Gasteiger partial charge in [0.1, 0.15) is 5.01 Å². The summed E-state index contributed by atoms with van der Waals surface area (Å²) < 4.78 is 0. The van der Waals surface area contributed by atoms with E-state index in [-0.39, 0.29) is 18.5 Å². The predicted molar refractivity (Wildman–Crippen MR) is 66.5 cm³/mol. The normalized spacial score (nSPS) is 11.8. The zero-order valence-corrected chi connectivity index (χ0v) is 10.8. The van der Waals surface area contributed by atoms with Gasteiger partial charge in [-0.2, -0.15) is 5.26 Å². The van der Waals surface area contributed by atoms with Crippen molar-refractivity contribution >= 4 is 17.2 Å². The van der Waals surface area contributed by atoms with Gasteiger partial charge in [-0.05, 0) is 13.8 Å². The predicted octanol–water partition coefficient (Wildman–Crippen LogP) is 1.13. The van der Waals surface area contributed by atoms with Crippen LogP contribution in [0.15, 0.2) is 5.38 Å². The summed E-state index contributed by atoms with van der Waals surface area (Å²) in [5.74, 6) is -0.0969. The minimum atomic E-state index is -0.0969. The average Bonchev–Trinajstić information content (AvgIpc) is 2.73. The number of rotatable bonds is 6. The number of thiazole rings is 1. The molecule has 0 aliphatic heterocycles. The molecule has 0 spiro atoms. The minimum absolute atomic E-state index is 0.0652. The van der Waals surface area contributed by atoms with Gasteiger partial charge in [0.15, 0.2) is 0 Å². The molecule has 17 heavy (non-hydrogen) atoms. The molecule has 1 rings (SSSR count). The average molecular weight is 252 g/mol. The number of amides is 1. The van der Waals surface area contributed by atoms with Crippen molar-refractivity contribution in [3.05, 3.63) is 16.1 Å². The van der Waals surface area contributed by atoms with Crippen LogP contribution in [0.25, 0.3) is 0 Å². The van der Waals surface area contributed by atoms with Crippen molar-refractivity contribution in [3.63, 3.8) is 0 Å². The lowest BCUT2D eigenvalue weighted by atomic mass is 10.3. The van der Waals surface area contributed by atoms with Gasteiger partial charge >= 0.3 is 0 Å². The Balaban J connectivity index is 2.26. The first kappa shape index (κ1) is 13.6. The molecule has 92 valence electrons. The molecule has 1 atom stereocenters. The number of nitrogens with zero attached hydrogens (tertiary/aromatic N) is 2. The van der Waals surface area contributed by atoms with Gasteiger partial charge < -0.3 is 5.32 Å². The summed E-state index contributed by atoms with van der Waals surface area (Å²) in [6, 6.07) is 2.04. The summed E-state index contributed by atoms with van der Waals surface area (Å²) >= 11 is 1.58. The van der Waals surface area contributed by atoms with E-state index in [9.17, 15) is 4.79 Å². The molecule has 0 bridgehead atoms. The van der Waals surface area contributed by atoms with Crippen LogP contribution in [0.3, 0.4) is 0 Å². The molecule has 1 aromatic rings. The third-order valence-electron chi connectivity index (χ3n) is 2.13. The van der Waals surface area contributed by atoms with E-state index in [1.807, 2.05) is 25.3 Å². The number of carbonyl (C=O) groups excluding carboxylic acids is 1. The zero-order valence-electron chi connectivity index (χ0n) is 9.99. The summed E-state index contributed by atoms with van der Waals surface area (Å²) in [4.78, 5) is 15.7. The van der Waals surface area contributed by atoms with Gasteiger partial charge in [-0.3, -0.25) is 10.1 Å². The van der Waals surface area contributed by atoms with Crippen molar-refractivity contribution in [1.29, 1.82) is 5.26 Å². The van der Waals surface area contributed by atoms with E-state index in [1.165, 1.54) is 0 Å². The van der Waals surface area contributed by atoms with Crippen LogP contribution in [0.4, 0.5) is 0 Å². The van der Waals surface area contributed by atoms with E-state index in [0.717, 1.165) is 10.7 Å². The van der Waals surface area contributed by atoms with E-state index < -0.39 is 0 Å². The first-order chi connectivity index (χ1) is 8.13. The molecule has 0 aliphatic rings. The van der Waals surface area contributed by atoms with Crippen LogP contribution in [0, 0.1) is 18.3 Å². The molecule has 0 fully saturated rings. The molecule has 1 aromatic heterocycles. The summed E-state index contributed by atoms with van der Waals surface area (Å²) in [6.45, 7) is 4.56. The highest BCUT2D eigenvalue weighted by atomic mass is 32.1. The Bertz CT molecular complexity index is 410. The Hall–Kier alpha value is -1.45. The lowest BCUT2D eigenvalue weighted by Crippen LogP contribution is -2.35. The number of hydrogen-bond donors (Lipinski definition) is 2. The van der Waals surface area contributed by atoms with Crippen LogP contribution in [0.1, 0.15) is 30.1 Å². The lowest BCUT2D eigenvalue weighted by Gasteiger charge is -2.10. The third kappa shape index (κ3) is 4.93. The smallest absolute Gasteiger partial charge is 0.234 e. The molecule has 1 heterocycles. The Morgan fingerprint density at radius 3 is 3.06 bits per heavy atom. The van der Waals surface area contributed by atoms with Crippen molar-refractivity contribution in [1.82, 2.24) is 15.6 Å². The van der Waals surface area contributed by atoms with Crippen LogP contribution in [-0.4, -0.2) is 24.0 Å². The molecule has 0 saturated heterocycles. The maximum Gasteiger partial charge on any atom is 0.234 e. The SMILES string of the molecule is Cc1csc(C(C)NCC(=O)NCCC#N)n1.